The quantitative estimate of drug-likeness (QED) is 0.0716. The molecule has 0 saturated heterocycles. The van der Waals surface area contributed by atoms with Gasteiger partial charge >= 0.3 is 11.9 Å². The van der Waals surface area contributed by atoms with Crippen LogP contribution in [0.4, 0.5) is 0 Å². The van der Waals surface area contributed by atoms with Gasteiger partial charge in [0, 0.05) is 0 Å². The molecule has 0 aliphatic carbocycles. The van der Waals surface area contributed by atoms with Crippen LogP contribution in [0.5, 0.6) is 0 Å². The van der Waals surface area contributed by atoms with Crippen LogP contribution < -0.4 is 0 Å². The predicted molar refractivity (Wildman–Crippen MR) is 154 cm³/mol. The number of unbranched alkanes of at least 4 members (excludes halogenated alkanes) is 12. The van der Waals surface area contributed by atoms with Crippen molar-refractivity contribution in [2.24, 2.45) is 0 Å². The second kappa shape index (κ2) is 21.6. The first-order valence-electron chi connectivity index (χ1n) is 15.3. The molecular weight excluding hydrogens is 484 g/mol. The molecule has 226 valence electrons. The van der Waals surface area contributed by atoms with Crippen molar-refractivity contribution >= 4 is 11.9 Å². The Morgan fingerprint density at radius 3 is 1.13 bits per heavy atom. The van der Waals surface area contributed by atoms with Gasteiger partial charge in [0.25, 0.3) is 0 Å². The lowest BCUT2D eigenvalue weighted by molar-refractivity contribution is -0.963. The topological polar surface area (TPSA) is 93.1 Å². The number of carboxylic acid groups (broad SMARTS) is 2. The van der Waals surface area contributed by atoms with Gasteiger partial charge in [-0.1, -0.05) is 104 Å². The zero-order valence-electron chi connectivity index (χ0n) is 25.7. The number of nitrogens with zero attached hydrogens (tertiary/aromatic N) is 2. The van der Waals surface area contributed by atoms with Crippen molar-refractivity contribution in [1.82, 2.24) is 0 Å². The molecule has 0 amide bonds. The van der Waals surface area contributed by atoms with Crippen molar-refractivity contribution in [3.63, 3.8) is 0 Å². The third-order valence-corrected chi connectivity index (χ3v) is 7.25. The number of ether oxygens (including phenoxy) is 2. The van der Waals surface area contributed by atoms with Crippen LogP contribution in [-0.4, -0.2) is 98.1 Å². The zero-order chi connectivity index (χ0) is 28.9. The summed E-state index contributed by atoms with van der Waals surface area (Å²) in [5.74, 6) is -1.78. The second-order valence-corrected chi connectivity index (χ2v) is 12.4. The number of rotatable bonds is 27. The van der Waals surface area contributed by atoms with Crippen molar-refractivity contribution in [3.8, 4) is 0 Å². The van der Waals surface area contributed by atoms with Crippen LogP contribution in [0.3, 0.4) is 0 Å². The Morgan fingerprint density at radius 1 is 0.553 bits per heavy atom. The highest BCUT2D eigenvalue weighted by Crippen LogP contribution is 2.15. The molecule has 0 fully saturated rings. The van der Waals surface area contributed by atoms with Crippen molar-refractivity contribution in [3.05, 3.63) is 0 Å². The average molecular weight is 547 g/mol. The Hall–Kier alpha value is -1.22. The van der Waals surface area contributed by atoms with Crippen molar-refractivity contribution in [2.75, 3.05) is 54.7 Å². The molecule has 8 heteroatoms. The van der Waals surface area contributed by atoms with Gasteiger partial charge in [-0.15, -0.1) is 0 Å². The summed E-state index contributed by atoms with van der Waals surface area (Å²) in [5, 5.41) is 19.2. The highest BCUT2D eigenvalue weighted by atomic mass is 16.5. The maximum Gasteiger partial charge on any atom is 0.333 e. The molecule has 0 rings (SSSR count). The molecule has 0 heterocycles. The first-order chi connectivity index (χ1) is 17.9. The van der Waals surface area contributed by atoms with E-state index in [-0.39, 0.29) is 0 Å². The van der Waals surface area contributed by atoms with Crippen LogP contribution in [0.25, 0.3) is 0 Å². The van der Waals surface area contributed by atoms with E-state index in [1.807, 2.05) is 28.2 Å². The second-order valence-electron chi connectivity index (χ2n) is 12.4. The van der Waals surface area contributed by atoms with E-state index in [1.165, 1.54) is 51.4 Å². The summed E-state index contributed by atoms with van der Waals surface area (Å²) in [6.07, 6.45) is 15.7. The van der Waals surface area contributed by atoms with Gasteiger partial charge in [-0.25, -0.2) is 9.59 Å². The third-order valence-electron chi connectivity index (χ3n) is 7.25. The molecule has 0 aromatic carbocycles. The standard InChI is InChI=1S/C30H60N2O6/c1-7-9-11-13-15-17-19-21-27(29(33)34)37-25-31(3,4)23-24-32(5,6)26-38-28(30(35)36)22-20-18-16-14-12-10-8-2/h27-28H,7-26H2,1-6H3/p+2. The Morgan fingerprint density at radius 2 is 0.842 bits per heavy atom. The summed E-state index contributed by atoms with van der Waals surface area (Å²) in [6.45, 7) is 6.58. The minimum atomic E-state index is -0.888. The normalized spacial score (nSPS) is 13.9. The fraction of sp³-hybridized carbons (Fsp3) is 0.933. The summed E-state index contributed by atoms with van der Waals surface area (Å²) in [7, 11) is 8.14. The van der Waals surface area contributed by atoms with Crippen molar-refractivity contribution in [1.29, 1.82) is 0 Å². The largest absolute Gasteiger partial charge is 0.479 e. The molecule has 0 radical (unpaired) electrons. The molecule has 0 saturated carbocycles. The van der Waals surface area contributed by atoms with E-state index in [0.29, 0.717) is 35.3 Å². The number of aliphatic carboxylic acids is 2. The van der Waals surface area contributed by atoms with E-state index < -0.39 is 24.1 Å². The summed E-state index contributed by atoms with van der Waals surface area (Å²) in [4.78, 5) is 23.4. The number of carboxylic acids is 2. The van der Waals surface area contributed by atoms with Crippen molar-refractivity contribution < 1.29 is 38.2 Å². The number of hydrogen-bond acceptors (Lipinski definition) is 4. The molecule has 0 aliphatic rings. The SMILES string of the molecule is CCCCCCCCCC(OC[N+](C)(C)CC[N+](C)(C)COC(CCCCCCCCC)C(=O)O)C(=O)O. The van der Waals surface area contributed by atoms with E-state index in [1.54, 1.807) is 0 Å². The summed E-state index contributed by atoms with van der Waals surface area (Å²) < 4.78 is 12.8. The Labute approximate surface area is 233 Å². The van der Waals surface area contributed by atoms with Crippen LogP contribution in [0.15, 0.2) is 0 Å². The smallest absolute Gasteiger partial charge is 0.333 e. The molecule has 38 heavy (non-hydrogen) atoms. The molecule has 2 N–H and O–H groups in total. The van der Waals surface area contributed by atoms with Gasteiger partial charge in [0.05, 0.1) is 28.2 Å². The molecule has 0 aromatic heterocycles. The van der Waals surface area contributed by atoms with Gasteiger partial charge in [0.15, 0.2) is 25.7 Å². The van der Waals surface area contributed by atoms with Crippen molar-refractivity contribution in [2.45, 2.75) is 129 Å². The lowest BCUT2D eigenvalue weighted by Gasteiger charge is -2.35. The summed E-state index contributed by atoms with van der Waals surface area (Å²) >= 11 is 0. The van der Waals surface area contributed by atoms with E-state index >= 15 is 0 Å². The zero-order valence-corrected chi connectivity index (χ0v) is 25.7. The maximum absolute atomic E-state index is 11.7. The fourth-order valence-electron chi connectivity index (χ4n) is 4.38. The first kappa shape index (κ1) is 36.8. The molecule has 0 spiro atoms. The average Bonchev–Trinajstić information content (AvgIpc) is 2.85. The summed E-state index contributed by atoms with van der Waals surface area (Å²) in [6, 6.07) is 0. The van der Waals surface area contributed by atoms with Gasteiger partial charge in [-0.3, -0.25) is 0 Å². The highest BCUT2D eigenvalue weighted by molar-refractivity contribution is 5.72. The van der Waals surface area contributed by atoms with Crippen LogP contribution in [-0.2, 0) is 19.1 Å². The maximum atomic E-state index is 11.7. The van der Waals surface area contributed by atoms with Gasteiger partial charge in [-0.05, 0) is 12.8 Å². The van der Waals surface area contributed by atoms with Crippen LogP contribution in [0, 0.1) is 0 Å². The van der Waals surface area contributed by atoms with Gasteiger partial charge in [-0.2, -0.15) is 0 Å². The van der Waals surface area contributed by atoms with Gasteiger partial charge < -0.3 is 28.7 Å². The Bertz CT molecular complexity index is 560. The van der Waals surface area contributed by atoms with Crippen LogP contribution in [0.2, 0.25) is 0 Å². The van der Waals surface area contributed by atoms with E-state index in [4.69, 9.17) is 9.47 Å². The van der Waals surface area contributed by atoms with Gasteiger partial charge in [0.2, 0.25) is 0 Å². The summed E-state index contributed by atoms with van der Waals surface area (Å²) in [5.41, 5.74) is 0. The molecule has 8 nitrogen and oxygen atoms in total. The van der Waals surface area contributed by atoms with E-state index in [9.17, 15) is 19.8 Å². The molecule has 0 aromatic rings. The van der Waals surface area contributed by atoms with Crippen LogP contribution in [0.1, 0.15) is 117 Å². The Kier molecular flexibility index (Phi) is 20.9. The lowest BCUT2D eigenvalue weighted by atomic mass is 10.1. The molecule has 0 aliphatic heterocycles. The highest BCUT2D eigenvalue weighted by Gasteiger charge is 2.28. The third kappa shape index (κ3) is 20.7. The van der Waals surface area contributed by atoms with Crippen LogP contribution >= 0.6 is 0 Å². The fourth-order valence-corrected chi connectivity index (χ4v) is 4.38. The van der Waals surface area contributed by atoms with E-state index in [2.05, 4.69) is 13.8 Å². The number of likely N-dealkylation sites (N-methyl/N-ethyl adjacent to an activating group) is 2. The first-order valence-corrected chi connectivity index (χ1v) is 15.3. The monoisotopic (exact) mass is 546 g/mol. The number of hydrogen-bond donors (Lipinski definition) is 2. The Balaban J connectivity index is 4.39. The minimum Gasteiger partial charge on any atom is -0.479 e. The molecule has 2 atom stereocenters. The minimum absolute atomic E-state index is 0.324. The lowest BCUT2D eigenvalue weighted by Crippen LogP contribution is -2.53. The number of carbonyl (C=O) groups is 2. The van der Waals surface area contributed by atoms with Gasteiger partial charge in [0.1, 0.15) is 13.1 Å². The molecular formula is C30H62N2O6+2. The predicted octanol–water partition coefficient (Wildman–Crippen LogP) is 6.28. The molecule has 2 unspecified atom stereocenters. The number of quaternary nitrogens is 2. The van der Waals surface area contributed by atoms with E-state index in [0.717, 1.165) is 51.6 Å². The molecule has 0 bridgehead atoms.